The molecule has 1 amide bonds. The van der Waals surface area contributed by atoms with Gasteiger partial charge in [0.05, 0.1) is 7.11 Å². The van der Waals surface area contributed by atoms with E-state index < -0.39 is 10.0 Å². The third-order valence-electron chi connectivity index (χ3n) is 5.27. The third kappa shape index (κ3) is 3.95. The number of halogens is 1. The molecule has 1 aliphatic heterocycles. The highest BCUT2D eigenvalue weighted by atomic mass is 79.9. The molecule has 0 bridgehead atoms. The predicted octanol–water partition coefficient (Wildman–Crippen LogP) is 3.76. The second kappa shape index (κ2) is 8.37. The van der Waals surface area contributed by atoms with E-state index in [0.717, 1.165) is 10.8 Å². The van der Waals surface area contributed by atoms with E-state index in [4.69, 9.17) is 4.74 Å². The molecule has 0 atom stereocenters. The van der Waals surface area contributed by atoms with Crippen LogP contribution in [0.2, 0.25) is 0 Å². The first kappa shape index (κ1) is 20.8. The molecule has 1 aliphatic rings. The van der Waals surface area contributed by atoms with Crippen molar-refractivity contribution in [2.75, 3.05) is 33.3 Å². The monoisotopic (exact) mass is 488 g/mol. The van der Waals surface area contributed by atoms with E-state index in [0.29, 0.717) is 28.9 Å². The highest BCUT2D eigenvalue weighted by Crippen LogP contribution is 2.30. The van der Waals surface area contributed by atoms with E-state index in [1.54, 1.807) is 23.1 Å². The summed E-state index contributed by atoms with van der Waals surface area (Å²) in [4.78, 5) is 14.8. The Kier molecular flexibility index (Phi) is 5.81. The third-order valence-corrected chi connectivity index (χ3v) is 7.68. The van der Waals surface area contributed by atoms with Gasteiger partial charge in [0, 0.05) is 36.2 Å². The van der Waals surface area contributed by atoms with Crippen molar-refractivity contribution in [2.24, 2.45) is 0 Å². The van der Waals surface area contributed by atoms with E-state index in [1.165, 1.54) is 11.4 Å². The summed E-state index contributed by atoms with van der Waals surface area (Å²) in [6, 6.07) is 18.4. The molecule has 0 radical (unpaired) electrons. The number of sulfonamides is 1. The zero-order valence-corrected chi connectivity index (χ0v) is 18.8. The van der Waals surface area contributed by atoms with E-state index in [2.05, 4.69) is 15.9 Å². The fourth-order valence-electron chi connectivity index (χ4n) is 3.63. The Bertz CT molecular complexity index is 1200. The molecule has 0 aromatic heterocycles. The van der Waals surface area contributed by atoms with Crippen molar-refractivity contribution in [3.05, 3.63) is 70.7 Å². The van der Waals surface area contributed by atoms with Gasteiger partial charge < -0.3 is 9.64 Å². The summed E-state index contributed by atoms with van der Waals surface area (Å²) in [5, 5.41) is 2.08. The number of nitrogens with zero attached hydrogens (tertiary/aromatic N) is 2. The Morgan fingerprint density at radius 3 is 2.33 bits per heavy atom. The maximum atomic E-state index is 13.1. The van der Waals surface area contributed by atoms with Gasteiger partial charge in [-0.15, -0.1) is 0 Å². The highest BCUT2D eigenvalue weighted by Gasteiger charge is 2.32. The van der Waals surface area contributed by atoms with Crippen molar-refractivity contribution in [1.29, 1.82) is 0 Å². The summed E-state index contributed by atoms with van der Waals surface area (Å²) in [7, 11) is -2.28. The van der Waals surface area contributed by atoms with Crippen molar-refractivity contribution in [3.63, 3.8) is 0 Å². The molecule has 0 saturated carbocycles. The fraction of sp³-hybridized carbons (Fsp3) is 0.227. The lowest BCUT2D eigenvalue weighted by Crippen LogP contribution is -2.50. The summed E-state index contributed by atoms with van der Waals surface area (Å²) < 4.78 is 33.6. The molecular weight excluding hydrogens is 468 g/mol. The van der Waals surface area contributed by atoms with Crippen LogP contribution >= 0.6 is 15.9 Å². The predicted molar refractivity (Wildman–Crippen MR) is 119 cm³/mol. The first-order valence-electron chi connectivity index (χ1n) is 9.52. The van der Waals surface area contributed by atoms with Gasteiger partial charge in [0.15, 0.2) is 0 Å². The number of benzene rings is 3. The van der Waals surface area contributed by atoms with E-state index in [-0.39, 0.29) is 23.9 Å². The molecule has 3 aromatic carbocycles. The molecule has 30 heavy (non-hydrogen) atoms. The minimum absolute atomic E-state index is 0.0853. The first-order chi connectivity index (χ1) is 14.4. The Hall–Kier alpha value is -2.42. The van der Waals surface area contributed by atoms with Gasteiger partial charge in [0.25, 0.3) is 5.91 Å². The van der Waals surface area contributed by atoms with E-state index in [1.807, 2.05) is 42.5 Å². The zero-order chi connectivity index (χ0) is 21.3. The molecule has 8 heteroatoms. The van der Waals surface area contributed by atoms with Crippen molar-refractivity contribution in [2.45, 2.75) is 4.90 Å². The second-order valence-corrected chi connectivity index (χ2v) is 9.88. The number of hydrogen-bond acceptors (Lipinski definition) is 4. The van der Waals surface area contributed by atoms with Crippen LogP contribution in [0.4, 0.5) is 0 Å². The molecule has 1 heterocycles. The van der Waals surface area contributed by atoms with E-state index in [9.17, 15) is 13.2 Å². The lowest BCUT2D eigenvalue weighted by Gasteiger charge is -2.34. The van der Waals surface area contributed by atoms with Crippen LogP contribution in [0.25, 0.3) is 10.8 Å². The number of carbonyl (C=O) groups excluding carboxylic acids is 1. The number of fused-ring (bicyclic) bond motifs is 1. The number of methoxy groups -OCH3 is 1. The largest absolute Gasteiger partial charge is 0.495 e. The summed E-state index contributed by atoms with van der Waals surface area (Å²) >= 11 is 3.32. The molecule has 156 valence electrons. The van der Waals surface area contributed by atoms with Crippen molar-refractivity contribution in [3.8, 4) is 5.75 Å². The zero-order valence-electron chi connectivity index (χ0n) is 16.4. The summed E-state index contributed by atoms with van der Waals surface area (Å²) in [5.74, 6) is 0.214. The quantitative estimate of drug-likeness (QED) is 0.560. The van der Waals surface area contributed by atoms with Crippen LogP contribution in [-0.2, 0) is 10.0 Å². The molecule has 6 nitrogen and oxygen atoms in total. The van der Waals surface area contributed by atoms with Crippen molar-refractivity contribution >= 4 is 42.6 Å². The Morgan fingerprint density at radius 2 is 1.63 bits per heavy atom. The number of amides is 1. The van der Waals surface area contributed by atoms with Crippen LogP contribution < -0.4 is 4.74 Å². The van der Waals surface area contributed by atoms with Crippen LogP contribution in [0.1, 0.15) is 10.4 Å². The van der Waals surface area contributed by atoms with Gasteiger partial charge in [0.2, 0.25) is 10.0 Å². The molecule has 0 aliphatic carbocycles. The summed E-state index contributed by atoms with van der Waals surface area (Å²) in [5.41, 5.74) is 0.610. The number of ether oxygens (including phenoxy) is 1. The summed E-state index contributed by atoms with van der Waals surface area (Å²) in [6.45, 7) is 1.14. The SMILES string of the molecule is COc1ccc(Br)cc1S(=O)(=O)N1CCN(C(=O)c2ccc3ccccc3c2)CC1. The molecule has 1 fully saturated rings. The van der Waals surface area contributed by atoms with Gasteiger partial charge in [-0.05, 0) is 41.1 Å². The average Bonchev–Trinajstić information content (AvgIpc) is 2.78. The second-order valence-electron chi connectivity index (χ2n) is 7.05. The first-order valence-corrected chi connectivity index (χ1v) is 11.8. The molecule has 0 spiro atoms. The molecule has 4 rings (SSSR count). The Labute approximate surface area is 184 Å². The normalized spacial score (nSPS) is 15.3. The number of hydrogen-bond donors (Lipinski definition) is 0. The van der Waals surface area contributed by atoms with Gasteiger partial charge in [-0.25, -0.2) is 8.42 Å². The topological polar surface area (TPSA) is 66.9 Å². The molecule has 1 saturated heterocycles. The van der Waals surface area contributed by atoms with Crippen LogP contribution in [0.15, 0.2) is 70.0 Å². The molecule has 0 unspecified atom stereocenters. The van der Waals surface area contributed by atoms with Gasteiger partial charge in [-0.2, -0.15) is 4.31 Å². The van der Waals surface area contributed by atoms with Crippen LogP contribution in [0.3, 0.4) is 0 Å². The minimum Gasteiger partial charge on any atom is -0.495 e. The fourth-order valence-corrected chi connectivity index (χ4v) is 5.74. The van der Waals surface area contributed by atoms with Gasteiger partial charge >= 0.3 is 0 Å². The number of carbonyl (C=O) groups is 1. The number of piperazine rings is 1. The standard InChI is InChI=1S/C22H21BrN2O4S/c1-29-20-9-8-19(23)15-21(20)30(27,28)25-12-10-24(11-13-25)22(26)18-7-6-16-4-2-3-5-17(16)14-18/h2-9,14-15H,10-13H2,1H3. The lowest BCUT2D eigenvalue weighted by molar-refractivity contribution is 0.0698. The van der Waals surface area contributed by atoms with Crippen molar-refractivity contribution < 1.29 is 17.9 Å². The van der Waals surface area contributed by atoms with Crippen LogP contribution in [0, 0.1) is 0 Å². The average molecular weight is 489 g/mol. The maximum absolute atomic E-state index is 13.1. The molecular formula is C22H21BrN2O4S. The van der Waals surface area contributed by atoms with Crippen LogP contribution in [-0.4, -0.2) is 56.8 Å². The summed E-state index contributed by atoms with van der Waals surface area (Å²) in [6.07, 6.45) is 0. The smallest absolute Gasteiger partial charge is 0.253 e. The van der Waals surface area contributed by atoms with Gasteiger partial charge in [0.1, 0.15) is 10.6 Å². The number of rotatable bonds is 4. The minimum atomic E-state index is -3.73. The maximum Gasteiger partial charge on any atom is 0.253 e. The molecule has 0 N–H and O–H groups in total. The Morgan fingerprint density at radius 1 is 0.933 bits per heavy atom. The highest BCUT2D eigenvalue weighted by molar-refractivity contribution is 9.10. The Balaban J connectivity index is 1.50. The lowest BCUT2D eigenvalue weighted by atomic mass is 10.1. The van der Waals surface area contributed by atoms with Gasteiger partial charge in [-0.1, -0.05) is 46.3 Å². The van der Waals surface area contributed by atoms with E-state index >= 15 is 0 Å². The van der Waals surface area contributed by atoms with Crippen LogP contribution in [0.5, 0.6) is 5.75 Å². The molecule has 3 aromatic rings. The van der Waals surface area contributed by atoms with Gasteiger partial charge in [-0.3, -0.25) is 4.79 Å². The van der Waals surface area contributed by atoms with Crippen molar-refractivity contribution in [1.82, 2.24) is 9.21 Å².